The number of ether oxygens (including phenoxy) is 4. The molecular formula is C50H84N6O6Si2. The second-order valence-corrected chi connectivity index (χ2v) is 35.6. The third-order valence-electron chi connectivity index (χ3n) is 14.6. The van der Waals surface area contributed by atoms with Gasteiger partial charge in [-0.3, -0.25) is 0 Å². The van der Waals surface area contributed by atoms with Crippen LogP contribution in [-0.2, 0) is 24.4 Å². The van der Waals surface area contributed by atoms with Crippen molar-refractivity contribution in [1.82, 2.24) is 30.2 Å². The number of nitrogens with zero attached hydrogens (tertiary/aromatic N) is 4. The first kappa shape index (κ1) is 48.7. The molecule has 14 heteroatoms. The SMILES string of the molecule is CC(C)(C)OC(=O)N1CCC[C@H]1C1NC(C23CCC(c4ccc(C5=CNC([C@@H]6CCCN6C(=O)OC(C)(C)C)N5COCC[Si](C)(C)C)cc4)(CC2)CC3)=CN1COCC[Si](C)(C)C. The number of amides is 2. The Kier molecular flexibility index (Phi) is 14.3. The number of fused-ring (bicyclic) bond motifs is 3. The number of carbonyl (C=O) groups is 2. The largest absolute Gasteiger partial charge is 0.444 e. The highest BCUT2D eigenvalue weighted by Gasteiger charge is 2.54. The molecule has 8 rings (SSSR count). The maximum Gasteiger partial charge on any atom is 0.410 e. The lowest BCUT2D eigenvalue weighted by atomic mass is 9.51. The van der Waals surface area contributed by atoms with Crippen LogP contribution in [0.4, 0.5) is 9.59 Å². The van der Waals surface area contributed by atoms with Crippen molar-refractivity contribution in [1.29, 1.82) is 0 Å². The highest BCUT2D eigenvalue weighted by atomic mass is 28.3. The van der Waals surface area contributed by atoms with Crippen molar-refractivity contribution >= 4 is 34.0 Å². The molecule has 2 bridgehead atoms. The molecule has 2 saturated heterocycles. The summed E-state index contributed by atoms with van der Waals surface area (Å²) in [6.07, 6.45) is 14.6. The van der Waals surface area contributed by atoms with E-state index in [1.807, 2.05) is 51.3 Å². The average Bonchev–Trinajstić information content (AvgIpc) is 4.03. The molecule has 64 heavy (non-hydrogen) atoms. The summed E-state index contributed by atoms with van der Waals surface area (Å²) in [5, 5.41) is 7.74. The Bertz CT molecular complexity index is 1840. The van der Waals surface area contributed by atoms with E-state index in [-0.39, 0.29) is 47.4 Å². The minimum atomic E-state index is -1.26. The van der Waals surface area contributed by atoms with Gasteiger partial charge in [0.1, 0.15) is 37.0 Å². The van der Waals surface area contributed by atoms with E-state index in [9.17, 15) is 9.59 Å². The van der Waals surface area contributed by atoms with Gasteiger partial charge in [-0.25, -0.2) is 9.59 Å². The second kappa shape index (κ2) is 18.8. The average molecular weight is 921 g/mol. The lowest BCUT2D eigenvalue weighted by molar-refractivity contribution is -0.00278. The van der Waals surface area contributed by atoms with Crippen LogP contribution in [-0.4, -0.2) is 123 Å². The van der Waals surface area contributed by atoms with Crippen LogP contribution in [0, 0.1) is 5.41 Å². The molecule has 1 aromatic carbocycles. The molecule has 2 amide bonds. The Labute approximate surface area is 388 Å². The molecule has 1 aromatic rings. The van der Waals surface area contributed by atoms with Crippen LogP contribution >= 0.6 is 0 Å². The topological polar surface area (TPSA) is 108 Å². The first-order valence-electron chi connectivity index (χ1n) is 24.7. The van der Waals surface area contributed by atoms with Crippen molar-refractivity contribution in [2.75, 3.05) is 39.8 Å². The van der Waals surface area contributed by atoms with Crippen LogP contribution in [0.2, 0.25) is 51.4 Å². The molecule has 0 aromatic heterocycles. The van der Waals surface area contributed by atoms with Crippen LogP contribution in [0.3, 0.4) is 0 Å². The fraction of sp³-hybridized carbons (Fsp3) is 0.760. The minimum absolute atomic E-state index is 0.0144. The number of benzene rings is 1. The minimum Gasteiger partial charge on any atom is -0.444 e. The van der Waals surface area contributed by atoms with Gasteiger partial charge in [0.05, 0.1) is 17.8 Å². The lowest BCUT2D eigenvalue weighted by Crippen LogP contribution is -2.55. The Hall–Kier alpha value is -3.21. The van der Waals surface area contributed by atoms with E-state index in [0.29, 0.717) is 20.0 Å². The zero-order valence-corrected chi connectivity index (χ0v) is 43.7. The molecule has 4 heterocycles. The summed E-state index contributed by atoms with van der Waals surface area (Å²) in [5.74, 6) is 0. The smallest absolute Gasteiger partial charge is 0.410 e. The monoisotopic (exact) mass is 921 g/mol. The van der Waals surface area contributed by atoms with E-state index in [2.05, 4.69) is 96.4 Å². The van der Waals surface area contributed by atoms with Gasteiger partial charge in [-0.2, -0.15) is 0 Å². The summed E-state index contributed by atoms with van der Waals surface area (Å²) in [6.45, 7) is 29.9. The van der Waals surface area contributed by atoms with Gasteiger partial charge in [0.2, 0.25) is 0 Å². The van der Waals surface area contributed by atoms with E-state index >= 15 is 0 Å². The Morgan fingerprint density at radius 2 is 1.17 bits per heavy atom. The molecule has 4 aliphatic heterocycles. The van der Waals surface area contributed by atoms with Crippen LogP contribution in [0.25, 0.3) is 5.70 Å². The maximum absolute atomic E-state index is 13.5. The molecule has 2 unspecified atom stereocenters. The van der Waals surface area contributed by atoms with Crippen LogP contribution in [0.15, 0.2) is 42.4 Å². The van der Waals surface area contributed by atoms with E-state index in [1.54, 1.807) is 0 Å². The van der Waals surface area contributed by atoms with Crippen LogP contribution < -0.4 is 10.6 Å². The first-order chi connectivity index (χ1) is 29.9. The molecule has 5 fully saturated rings. The fourth-order valence-corrected chi connectivity index (χ4v) is 12.4. The van der Waals surface area contributed by atoms with Gasteiger partial charge in [-0.1, -0.05) is 63.5 Å². The lowest BCUT2D eigenvalue weighted by Gasteiger charge is -2.54. The molecule has 2 N–H and O–H groups in total. The van der Waals surface area contributed by atoms with Gasteiger partial charge in [-0.05, 0) is 134 Å². The number of likely N-dealkylation sites (tertiary alicyclic amines) is 2. The summed E-state index contributed by atoms with van der Waals surface area (Å²) < 4.78 is 24.6. The molecule has 4 atom stereocenters. The van der Waals surface area contributed by atoms with Crippen molar-refractivity contribution in [3.63, 3.8) is 0 Å². The van der Waals surface area contributed by atoms with Crippen LogP contribution in [0.5, 0.6) is 0 Å². The number of rotatable bonds is 15. The predicted octanol–water partition coefficient (Wildman–Crippen LogP) is 10.3. The summed E-state index contributed by atoms with van der Waals surface area (Å²) >= 11 is 0. The summed E-state index contributed by atoms with van der Waals surface area (Å²) in [4.78, 5) is 35.5. The van der Waals surface area contributed by atoms with E-state index < -0.39 is 27.3 Å². The Morgan fingerprint density at radius 1 is 0.688 bits per heavy atom. The van der Waals surface area contributed by atoms with Gasteiger partial charge in [0, 0.05) is 66.0 Å². The molecule has 3 aliphatic carbocycles. The maximum atomic E-state index is 13.5. The molecule has 7 aliphatic rings. The fourth-order valence-electron chi connectivity index (χ4n) is 10.9. The summed E-state index contributed by atoms with van der Waals surface area (Å²) in [5.41, 5.74) is 4.23. The number of hydrogen-bond acceptors (Lipinski definition) is 10. The second-order valence-electron chi connectivity index (χ2n) is 24.4. The van der Waals surface area contributed by atoms with E-state index in [0.717, 1.165) is 107 Å². The van der Waals surface area contributed by atoms with Gasteiger partial charge in [-0.15, -0.1) is 0 Å². The summed E-state index contributed by atoms with van der Waals surface area (Å²) in [6, 6.07) is 11.6. The molecular weight excluding hydrogens is 837 g/mol. The van der Waals surface area contributed by atoms with E-state index in [1.165, 1.54) is 11.3 Å². The van der Waals surface area contributed by atoms with E-state index in [4.69, 9.17) is 18.9 Å². The first-order valence-corrected chi connectivity index (χ1v) is 32.1. The quantitative estimate of drug-likeness (QED) is 0.130. The normalized spacial score (nSPS) is 28.6. The highest BCUT2D eigenvalue weighted by molar-refractivity contribution is 6.76. The van der Waals surface area contributed by atoms with Gasteiger partial charge >= 0.3 is 12.2 Å². The standard InChI is InChI=1S/C50H84N6O6Si2/c1-47(2,3)61-45(57)54-27-13-15-39(54)43-51-33-41(56(43)36-60-30-32-64(10,11)12)37-17-19-38(20-18-37)49-21-24-50(25-22-49,26-23-49)42-34-53(35-59-29-31-63(7,8)9)44(52-42)40-16-14-28-55(40)46(58)62-48(4,5)6/h17-20,33-34,39-40,43-44,51-52H,13-16,21-32,35-36H2,1-12H3/t39-,40-,43?,44?,49?,50?/m0/s1. The molecule has 0 spiro atoms. The van der Waals surface area contributed by atoms with Gasteiger partial charge in [0.15, 0.2) is 0 Å². The molecule has 12 nitrogen and oxygen atoms in total. The van der Waals surface area contributed by atoms with Crippen molar-refractivity contribution < 1.29 is 28.5 Å². The molecule has 3 saturated carbocycles. The van der Waals surface area contributed by atoms with Crippen molar-refractivity contribution in [2.45, 2.75) is 198 Å². The predicted molar refractivity (Wildman–Crippen MR) is 262 cm³/mol. The number of carbonyl (C=O) groups excluding carboxylic acids is 2. The highest BCUT2D eigenvalue weighted by Crippen LogP contribution is 2.61. The third-order valence-corrected chi connectivity index (χ3v) is 18.1. The van der Waals surface area contributed by atoms with Gasteiger partial charge < -0.3 is 49.2 Å². The zero-order chi connectivity index (χ0) is 46.3. The van der Waals surface area contributed by atoms with Crippen molar-refractivity contribution in [3.8, 4) is 0 Å². The molecule has 358 valence electrons. The zero-order valence-electron chi connectivity index (χ0n) is 41.7. The number of allylic oxidation sites excluding steroid dienone is 1. The third kappa shape index (κ3) is 11.5. The Balaban J connectivity index is 1.04. The number of hydrogen-bond donors (Lipinski definition) is 2. The Morgan fingerprint density at radius 3 is 1.67 bits per heavy atom. The summed E-state index contributed by atoms with van der Waals surface area (Å²) in [7, 11) is -2.49. The van der Waals surface area contributed by atoms with Crippen molar-refractivity contribution in [2.24, 2.45) is 5.41 Å². The van der Waals surface area contributed by atoms with Crippen LogP contribution in [0.1, 0.15) is 117 Å². The molecule has 0 radical (unpaired) electrons. The van der Waals surface area contributed by atoms with Gasteiger partial charge in [0.25, 0.3) is 0 Å². The number of nitrogens with one attached hydrogen (secondary N) is 2. The van der Waals surface area contributed by atoms with Crippen molar-refractivity contribution in [3.05, 3.63) is 53.5 Å².